The lowest BCUT2D eigenvalue weighted by molar-refractivity contribution is -0.112. The fourth-order valence-electron chi connectivity index (χ4n) is 1.05. The van der Waals surface area contributed by atoms with E-state index in [1.54, 1.807) is 0 Å². The van der Waals surface area contributed by atoms with Crippen molar-refractivity contribution in [2.75, 3.05) is 5.75 Å². The van der Waals surface area contributed by atoms with Crippen molar-refractivity contribution in [2.45, 2.75) is 32.4 Å². The van der Waals surface area contributed by atoms with Gasteiger partial charge in [0.1, 0.15) is 0 Å². The van der Waals surface area contributed by atoms with Crippen molar-refractivity contribution in [3.05, 3.63) is 0 Å². The normalized spacial score (nSPS) is 26.3. The van der Waals surface area contributed by atoms with Gasteiger partial charge >= 0.3 is 0 Å². The molecular weight excluding hydrogens is 146 g/mol. The van der Waals surface area contributed by atoms with Gasteiger partial charge in [-0.3, -0.25) is 4.79 Å². The molecule has 1 rings (SSSR count). The van der Waals surface area contributed by atoms with Crippen molar-refractivity contribution in [3.8, 4) is 0 Å². The van der Waals surface area contributed by atoms with Gasteiger partial charge in [0.05, 0.1) is 6.04 Å². The topological polar surface area (TPSA) is 29.1 Å². The van der Waals surface area contributed by atoms with Crippen molar-refractivity contribution in [1.29, 1.82) is 0 Å². The maximum Gasteiger partial charge on any atom is 0.205 e. The van der Waals surface area contributed by atoms with Crippen LogP contribution in [-0.2, 0) is 4.79 Å². The minimum Gasteiger partial charge on any atom is -0.304 e. The summed E-state index contributed by atoms with van der Waals surface area (Å²) in [5.41, 5.74) is 0. The summed E-state index contributed by atoms with van der Waals surface area (Å²) in [5, 5.41) is 3.53. The van der Waals surface area contributed by atoms with Gasteiger partial charge in [-0.2, -0.15) is 0 Å². The summed E-state index contributed by atoms with van der Waals surface area (Å²) in [7, 11) is 0. The molecule has 1 unspecified atom stereocenters. The Morgan fingerprint density at radius 3 is 2.80 bits per heavy atom. The molecular formula is C7H13NOS. The van der Waals surface area contributed by atoms with Gasteiger partial charge in [0.25, 0.3) is 0 Å². The molecule has 0 radical (unpaired) electrons. The first-order chi connectivity index (χ1) is 4.70. The minimum absolute atomic E-state index is 0.130. The average molecular weight is 159 g/mol. The quantitative estimate of drug-likeness (QED) is 0.652. The van der Waals surface area contributed by atoms with E-state index in [4.69, 9.17) is 0 Å². The van der Waals surface area contributed by atoms with Crippen LogP contribution in [0.15, 0.2) is 0 Å². The molecule has 0 aromatic rings. The zero-order valence-electron chi connectivity index (χ0n) is 6.39. The van der Waals surface area contributed by atoms with Crippen molar-refractivity contribution >= 4 is 16.9 Å². The van der Waals surface area contributed by atoms with E-state index >= 15 is 0 Å². The second-order valence-electron chi connectivity index (χ2n) is 2.83. The summed E-state index contributed by atoms with van der Waals surface area (Å²) < 4.78 is 0. The Morgan fingerprint density at radius 2 is 2.40 bits per heavy atom. The molecule has 1 saturated heterocycles. The van der Waals surface area contributed by atoms with Gasteiger partial charge in [0.2, 0.25) is 5.12 Å². The Bertz CT molecular complexity index is 136. The maximum atomic E-state index is 11.0. The van der Waals surface area contributed by atoms with E-state index in [1.165, 1.54) is 11.8 Å². The number of rotatable bonds is 2. The van der Waals surface area contributed by atoms with Crippen LogP contribution in [0.2, 0.25) is 0 Å². The Balaban J connectivity index is 2.33. The first-order valence-electron chi connectivity index (χ1n) is 3.63. The molecule has 0 aliphatic carbocycles. The van der Waals surface area contributed by atoms with Crippen LogP contribution in [0.25, 0.3) is 0 Å². The number of nitrogens with one attached hydrogen (secondary N) is 1. The van der Waals surface area contributed by atoms with Crippen LogP contribution in [0.5, 0.6) is 0 Å². The number of carbonyl (C=O) groups is 1. The summed E-state index contributed by atoms with van der Waals surface area (Å²) in [4.78, 5) is 11.0. The molecule has 1 N–H and O–H groups in total. The van der Waals surface area contributed by atoms with E-state index in [0.29, 0.717) is 11.2 Å². The highest BCUT2D eigenvalue weighted by molar-refractivity contribution is 8.14. The second kappa shape index (κ2) is 3.39. The maximum absolute atomic E-state index is 11.0. The molecule has 2 nitrogen and oxygen atoms in total. The molecule has 0 bridgehead atoms. The van der Waals surface area contributed by atoms with E-state index in [9.17, 15) is 4.79 Å². The lowest BCUT2D eigenvalue weighted by Crippen LogP contribution is -2.36. The van der Waals surface area contributed by atoms with Crippen LogP contribution in [0.4, 0.5) is 0 Å². The molecule has 0 amide bonds. The van der Waals surface area contributed by atoms with Gasteiger partial charge in [-0.15, -0.1) is 0 Å². The van der Waals surface area contributed by atoms with Gasteiger partial charge < -0.3 is 5.32 Å². The molecule has 0 aromatic heterocycles. The van der Waals surface area contributed by atoms with Crippen LogP contribution in [0, 0.1) is 0 Å². The second-order valence-corrected chi connectivity index (χ2v) is 3.93. The molecule has 1 aliphatic rings. The highest BCUT2D eigenvalue weighted by Crippen LogP contribution is 2.19. The lowest BCUT2D eigenvalue weighted by Gasteiger charge is -2.12. The molecule has 1 heterocycles. The van der Waals surface area contributed by atoms with Crippen LogP contribution >= 0.6 is 11.8 Å². The van der Waals surface area contributed by atoms with Crippen LogP contribution < -0.4 is 5.32 Å². The summed E-state index contributed by atoms with van der Waals surface area (Å²) in [6, 6.07) is 0.553. The first kappa shape index (κ1) is 8.08. The Hall–Kier alpha value is -0.0200. The summed E-state index contributed by atoms with van der Waals surface area (Å²) >= 11 is 1.45. The largest absolute Gasteiger partial charge is 0.304 e. The van der Waals surface area contributed by atoms with Gasteiger partial charge in [-0.25, -0.2) is 0 Å². The van der Waals surface area contributed by atoms with Gasteiger partial charge in [-0.1, -0.05) is 25.6 Å². The molecule has 1 atom stereocenters. The standard InChI is InChI=1S/C7H13NOS/c1-5(2)8-6-3-4-10-7(6)9/h5-6,8H,3-4H2,1-2H3. The lowest BCUT2D eigenvalue weighted by atomic mass is 10.2. The highest BCUT2D eigenvalue weighted by atomic mass is 32.2. The van der Waals surface area contributed by atoms with Crippen LogP contribution in [-0.4, -0.2) is 23.0 Å². The van der Waals surface area contributed by atoms with Gasteiger partial charge in [0, 0.05) is 11.8 Å². The van der Waals surface area contributed by atoms with Crippen LogP contribution in [0.3, 0.4) is 0 Å². The third kappa shape index (κ3) is 1.99. The Labute approximate surface area is 65.8 Å². The number of hydrogen-bond donors (Lipinski definition) is 1. The van der Waals surface area contributed by atoms with Crippen molar-refractivity contribution < 1.29 is 4.79 Å². The average Bonchev–Trinajstić information content (AvgIpc) is 2.15. The first-order valence-corrected chi connectivity index (χ1v) is 4.61. The molecule has 1 fully saturated rings. The smallest absolute Gasteiger partial charge is 0.205 e. The van der Waals surface area contributed by atoms with Gasteiger partial charge in [0.15, 0.2) is 0 Å². The van der Waals surface area contributed by atoms with Crippen LogP contribution in [0.1, 0.15) is 20.3 Å². The third-order valence-electron chi connectivity index (χ3n) is 1.47. The molecule has 3 heteroatoms. The van der Waals surface area contributed by atoms with E-state index < -0.39 is 0 Å². The highest BCUT2D eigenvalue weighted by Gasteiger charge is 2.24. The zero-order chi connectivity index (χ0) is 7.56. The molecule has 58 valence electrons. The zero-order valence-corrected chi connectivity index (χ0v) is 7.20. The minimum atomic E-state index is 0.130. The van der Waals surface area contributed by atoms with E-state index in [-0.39, 0.29) is 6.04 Å². The number of thioether (sulfide) groups is 1. The molecule has 0 aromatic carbocycles. The Kier molecular flexibility index (Phi) is 2.74. The fourth-order valence-corrected chi connectivity index (χ4v) is 1.99. The number of hydrogen-bond acceptors (Lipinski definition) is 3. The monoisotopic (exact) mass is 159 g/mol. The third-order valence-corrected chi connectivity index (χ3v) is 2.48. The predicted molar refractivity (Wildman–Crippen MR) is 44.1 cm³/mol. The van der Waals surface area contributed by atoms with E-state index in [0.717, 1.165) is 12.2 Å². The van der Waals surface area contributed by atoms with Gasteiger partial charge in [-0.05, 0) is 6.42 Å². The predicted octanol–water partition coefficient (Wildman–Crippen LogP) is 1.02. The summed E-state index contributed by atoms with van der Waals surface area (Å²) in [5.74, 6) is 0.989. The van der Waals surface area contributed by atoms with Crippen molar-refractivity contribution in [3.63, 3.8) is 0 Å². The van der Waals surface area contributed by atoms with E-state index in [2.05, 4.69) is 19.2 Å². The molecule has 0 saturated carbocycles. The molecule has 0 spiro atoms. The molecule has 1 aliphatic heterocycles. The fraction of sp³-hybridized carbons (Fsp3) is 0.857. The van der Waals surface area contributed by atoms with E-state index in [1.807, 2.05) is 0 Å². The van der Waals surface area contributed by atoms with Crippen molar-refractivity contribution in [2.24, 2.45) is 0 Å². The molecule has 10 heavy (non-hydrogen) atoms. The SMILES string of the molecule is CC(C)NC1CCSC1=O. The Morgan fingerprint density at radius 1 is 1.70 bits per heavy atom. The summed E-state index contributed by atoms with van der Waals surface area (Å²) in [6.07, 6.45) is 1.00. The number of carbonyl (C=O) groups excluding carboxylic acids is 1. The van der Waals surface area contributed by atoms with Crippen molar-refractivity contribution in [1.82, 2.24) is 5.32 Å². The summed E-state index contributed by atoms with van der Waals surface area (Å²) in [6.45, 7) is 4.13.